The Hall–Kier alpha value is -2.27. The van der Waals surface area contributed by atoms with Crippen molar-refractivity contribution in [3.8, 4) is 5.75 Å². The van der Waals surface area contributed by atoms with Gasteiger partial charge in [0.1, 0.15) is 17.5 Å². The monoisotopic (exact) mass is 367 g/mol. The molecule has 0 unspecified atom stereocenters. The summed E-state index contributed by atoms with van der Waals surface area (Å²) in [5.74, 6) is 0.962. The van der Waals surface area contributed by atoms with E-state index in [1.165, 1.54) is 0 Å². The summed E-state index contributed by atoms with van der Waals surface area (Å²) in [5.41, 5.74) is 1.63. The minimum absolute atomic E-state index is 0.0686. The van der Waals surface area contributed by atoms with E-state index in [0.29, 0.717) is 18.3 Å². The summed E-state index contributed by atoms with van der Waals surface area (Å²) in [7, 11) is 0. The molecule has 2 aliphatic heterocycles. The molecule has 2 aromatic rings. The quantitative estimate of drug-likeness (QED) is 0.836. The van der Waals surface area contributed by atoms with Gasteiger partial charge in [0, 0.05) is 43.1 Å². The van der Waals surface area contributed by atoms with Gasteiger partial charge in [0.05, 0.1) is 0 Å². The Morgan fingerprint density at radius 1 is 1.15 bits per heavy atom. The summed E-state index contributed by atoms with van der Waals surface area (Å²) in [4.78, 5) is 20.3. The van der Waals surface area contributed by atoms with Gasteiger partial charge in [-0.25, -0.2) is 0 Å². The molecule has 1 aromatic carbocycles. The van der Waals surface area contributed by atoms with Crippen molar-refractivity contribution < 1.29 is 9.53 Å². The third-order valence-corrected chi connectivity index (χ3v) is 5.68. The van der Waals surface area contributed by atoms with Crippen LogP contribution in [0.3, 0.4) is 0 Å². The van der Waals surface area contributed by atoms with E-state index < -0.39 is 0 Å². The van der Waals surface area contributed by atoms with Gasteiger partial charge in [-0.3, -0.25) is 4.79 Å². The molecule has 1 saturated heterocycles. The SMILES string of the molecule is CC(C)N1CCC(Oc2ccc3[nH]c(C(=O)N4CC=CCC4)cc3c2)CC1. The van der Waals surface area contributed by atoms with Crippen LogP contribution in [-0.2, 0) is 0 Å². The van der Waals surface area contributed by atoms with Crippen molar-refractivity contribution in [3.63, 3.8) is 0 Å². The zero-order valence-corrected chi connectivity index (χ0v) is 16.3. The van der Waals surface area contributed by atoms with Crippen molar-refractivity contribution in [1.29, 1.82) is 0 Å². The first-order chi connectivity index (χ1) is 13.1. The van der Waals surface area contributed by atoms with Crippen molar-refractivity contribution in [2.75, 3.05) is 26.2 Å². The Kier molecular flexibility index (Phi) is 5.21. The average Bonchev–Trinajstić information content (AvgIpc) is 3.12. The summed E-state index contributed by atoms with van der Waals surface area (Å²) in [5, 5.41) is 1.03. The summed E-state index contributed by atoms with van der Waals surface area (Å²) >= 11 is 0. The predicted molar refractivity (Wildman–Crippen MR) is 108 cm³/mol. The first-order valence-corrected chi connectivity index (χ1v) is 10.1. The number of aromatic nitrogens is 1. The molecule has 5 nitrogen and oxygen atoms in total. The molecule has 0 radical (unpaired) electrons. The molecule has 1 amide bonds. The maximum absolute atomic E-state index is 12.7. The van der Waals surface area contributed by atoms with Crippen LogP contribution in [0, 0.1) is 0 Å². The van der Waals surface area contributed by atoms with E-state index in [4.69, 9.17) is 4.74 Å². The number of rotatable bonds is 4. The second-order valence-electron chi connectivity index (χ2n) is 7.89. The molecule has 144 valence electrons. The van der Waals surface area contributed by atoms with Crippen LogP contribution in [0.15, 0.2) is 36.4 Å². The van der Waals surface area contributed by atoms with Crippen LogP contribution < -0.4 is 4.74 Å². The lowest BCUT2D eigenvalue weighted by Crippen LogP contribution is -2.41. The number of fused-ring (bicyclic) bond motifs is 1. The van der Waals surface area contributed by atoms with E-state index in [2.05, 4.69) is 35.9 Å². The number of nitrogens with zero attached hydrogens (tertiary/aromatic N) is 2. The molecule has 0 saturated carbocycles. The third kappa shape index (κ3) is 4.03. The number of aromatic amines is 1. The highest BCUT2D eigenvalue weighted by molar-refractivity contribution is 5.98. The number of piperidine rings is 1. The predicted octanol–water partition coefficient (Wildman–Crippen LogP) is 3.82. The first kappa shape index (κ1) is 18.1. The maximum Gasteiger partial charge on any atom is 0.270 e. The molecule has 5 heteroatoms. The molecule has 2 aliphatic rings. The summed E-state index contributed by atoms with van der Waals surface area (Å²) in [6.45, 7) is 8.17. The van der Waals surface area contributed by atoms with Gasteiger partial charge < -0.3 is 19.5 Å². The molecular weight excluding hydrogens is 338 g/mol. The fourth-order valence-electron chi connectivity index (χ4n) is 4.00. The molecule has 0 aliphatic carbocycles. The standard InChI is InChI=1S/C22H29N3O2/c1-16(2)24-12-8-18(9-13-24)27-19-6-7-20-17(14-19)15-21(23-20)22(26)25-10-4-3-5-11-25/h3-4,6-7,14-16,18,23H,5,8-13H2,1-2H3. The van der Waals surface area contributed by atoms with Crippen molar-refractivity contribution in [3.05, 3.63) is 42.1 Å². The number of likely N-dealkylation sites (tertiary alicyclic amines) is 1. The lowest BCUT2D eigenvalue weighted by atomic mass is 10.1. The van der Waals surface area contributed by atoms with Gasteiger partial charge in [-0.05, 0) is 57.4 Å². The summed E-state index contributed by atoms with van der Waals surface area (Å²) < 4.78 is 6.23. The average molecular weight is 367 g/mol. The first-order valence-electron chi connectivity index (χ1n) is 10.1. The second-order valence-corrected chi connectivity index (χ2v) is 7.89. The molecule has 27 heavy (non-hydrogen) atoms. The van der Waals surface area contributed by atoms with E-state index in [1.54, 1.807) is 0 Å². The minimum Gasteiger partial charge on any atom is -0.490 e. The minimum atomic E-state index is 0.0686. The Morgan fingerprint density at radius 2 is 1.96 bits per heavy atom. The van der Waals surface area contributed by atoms with Crippen LogP contribution in [-0.4, -0.2) is 59.0 Å². The van der Waals surface area contributed by atoms with E-state index in [1.807, 2.05) is 29.2 Å². The zero-order chi connectivity index (χ0) is 18.8. The largest absolute Gasteiger partial charge is 0.490 e. The fraction of sp³-hybridized carbons (Fsp3) is 0.500. The highest BCUT2D eigenvalue weighted by Crippen LogP contribution is 2.25. The number of nitrogens with one attached hydrogen (secondary N) is 1. The Labute approximate surface area is 161 Å². The van der Waals surface area contributed by atoms with Gasteiger partial charge in [-0.1, -0.05) is 12.2 Å². The number of H-pyrrole nitrogens is 1. The number of hydrogen-bond donors (Lipinski definition) is 1. The number of carbonyl (C=O) groups is 1. The zero-order valence-electron chi connectivity index (χ0n) is 16.3. The number of carbonyl (C=O) groups excluding carboxylic acids is 1. The van der Waals surface area contributed by atoms with Crippen LogP contribution in [0.1, 0.15) is 43.6 Å². The summed E-state index contributed by atoms with van der Waals surface area (Å²) in [6, 6.07) is 8.62. The highest BCUT2D eigenvalue weighted by atomic mass is 16.5. The van der Waals surface area contributed by atoms with Crippen molar-refractivity contribution in [1.82, 2.24) is 14.8 Å². The van der Waals surface area contributed by atoms with Crippen molar-refractivity contribution in [2.45, 2.75) is 45.3 Å². The topological polar surface area (TPSA) is 48.6 Å². The Morgan fingerprint density at radius 3 is 2.67 bits per heavy atom. The van der Waals surface area contributed by atoms with Crippen LogP contribution in [0.25, 0.3) is 10.9 Å². The number of hydrogen-bond acceptors (Lipinski definition) is 3. The smallest absolute Gasteiger partial charge is 0.270 e. The molecule has 4 rings (SSSR count). The molecule has 1 N–H and O–H groups in total. The van der Waals surface area contributed by atoms with Gasteiger partial charge in [-0.15, -0.1) is 0 Å². The van der Waals surface area contributed by atoms with Gasteiger partial charge >= 0.3 is 0 Å². The Balaban J connectivity index is 1.43. The molecule has 1 fully saturated rings. The van der Waals surface area contributed by atoms with Crippen molar-refractivity contribution in [2.24, 2.45) is 0 Å². The van der Waals surface area contributed by atoms with E-state index >= 15 is 0 Å². The van der Waals surface area contributed by atoms with E-state index in [9.17, 15) is 4.79 Å². The van der Waals surface area contributed by atoms with Gasteiger partial charge in [0.25, 0.3) is 5.91 Å². The summed E-state index contributed by atoms with van der Waals surface area (Å²) in [6.07, 6.45) is 7.52. The molecular formula is C22H29N3O2. The fourth-order valence-corrected chi connectivity index (χ4v) is 4.00. The van der Waals surface area contributed by atoms with E-state index in [0.717, 1.165) is 55.5 Å². The normalized spacial score (nSPS) is 19.1. The third-order valence-electron chi connectivity index (χ3n) is 5.68. The van der Waals surface area contributed by atoms with Crippen LogP contribution >= 0.6 is 0 Å². The lowest BCUT2D eigenvalue weighted by molar-refractivity contribution is 0.0766. The van der Waals surface area contributed by atoms with Gasteiger partial charge in [0.2, 0.25) is 0 Å². The molecule has 3 heterocycles. The lowest BCUT2D eigenvalue weighted by Gasteiger charge is -2.34. The number of benzene rings is 1. The molecule has 0 bridgehead atoms. The maximum atomic E-state index is 12.7. The van der Waals surface area contributed by atoms with Crippen LogP contribution in [0.4, 0.5) is 0 Å². The van der Waals surface area contributed by atoms with Crippen LogP contribution in [0.2, 0.25) is 0 Å². The van der Waals surface area contributed by atoms with Crippen LogP contribution in [0.5, 0.6) is 5.75 Å². The number of amides is 1. The van der Waals surface area contributed by atoms with Gasteiger partial charge in [0.15, 0.2) is 0 Å². The molecule has 1 aromatic heterocycles. The van der Waals surface area contributed by atoms with E-state index in [-0.39, 0.29) is 12.0 Å². The second kappa shape index (κ2) is 7.77. The Bertz CT molecular complexity index is 831. The van der Waals surface area contributed by atoms with Gasteiger partial charge in [-0.2, -0.15) is 0 Å². The van der Waals surface area contributed by atoms with Crippen molar-refractivity contribution >= 4 is 16.8 Å². The highest BCUT2D eigenvalue weighted by Gasteiger charge is 2.22. The molecule has 0 spiro atoms. The molecule has 0 atom stereocenters. The number of ether oxygens (including phenoxy) is 1.